The summed E-state index contributed by atoms with van der Waals surface area (Å²) in [6, 6.07) is 16.2. The molecule has 1 aliphatic heterocycles. The maximum atomic E-state index is 9.69. The zero-order chi connectivity index (χ0) is 24.9. The molecule has 1 unspecified atom stereocenters. The summed E-state index contributed by atoms with van der Waals surface area (Å²) in [6.07, 6.45) is 6.32. The summed E-state index contributed by atoms with van der Waals surface area (Å²) >= 11 is 0. The van der Waals surface area contributed by atoms with Gasteiger partial charge in [0.05, 0.1) is 30.5 Å². The first-order chi connectivity index (χ1) is 17.1. The molecular formula is C29H38N4O2. The second kappa shape index (κ2) is 14.3. The zero-order valence-electron chi connectivity index (χ0n) is 21.1. The molecule has 3 rings (SSSR count). The first-order valence-electron chi connectivity index (χ1n) is 12.6. The van der Waals surface area contributed by atoms with Gasteiger partial charge in [0, 0.05) is 17.9 Å². The molecule has 35 heavy (non-hydrogen) atoms. The van der Waals surface area contributed by atoms with Crippen molar-refractivity contribution in [2.45, 2.75) is 45.6 Å². The van der Waals surface area contributed by atoms with Gasteiger partial charge in [-0.05, 0) is 75.2 Å². The van der Waals surface area contributed by atoms with E-state index in [1.54, 1.807) is 6.08 Å². The monoisotopic (exact) mass is 474 g/mol. The molecular weight excluding hydrogens is 436 g/mol. The van der Waals surface area contributed by atoms with E-state index >= 15 is 0 Å². The van der Waals surface area contributed by atoms with E-state index < -0.39 is 0 Å². The van der Waals surface area contributed by atoms with Crippen molar-refractivity contribution >= 4 is 6.08 Å². The Balaban J connectivity index is 1.50. The van der Waals surface area contributed by atoms with Crippen molar-refractivity contribution in [2.75, 3.05) is 39.5 Å². The van der Waals surface area contributed by atoms with Crippen molar-refractivity contribution in [3.8, 4) is 11.8 Å². The van der Waals surface area contributed by atoms with Gasteiger partial charge >= 0.3 is 0 Å². The molecule has 1 aliphatic rings. The average Bonchev–Trinajstić information content (AvgIpc) is 3.38. The van der Waals surface area contributed by atoms with Crippen LogP contribution in [0.5, 0.6) is 5.75 Å². The molecule has 0 radical (unpaired) electrons. The number of hydrogen-bond acceptors (Lipinski definition) is 6. The van der Waals surface area contributed by atoms with Gasteiger partial charge in [0.25, 0.3) is 0 Å². The van der Waals surface area contributed by atoms with Gasteiger partial charge in [0.15, 0.2) is 0 Å². The van der Waals surface area contributed by atoms with E-state index in [2.05, 4.69) is 46.9 Å². The number of hydrogen-bond donors (Lipinski definition) is 1. The summed E-state index contributed by atoms with van der Waals surface area (Å²) in [5, 5.41) is 13.1. The normalized spacial score (nSPS) is 14.9. The maximum absolute atomic E-state index is 9.69. The second-order valence-electron chi connectivity index (χ2n) is 8.92. The van der Waals surface area contributed by atoms with E-state index in [1.165, 1.54) is 25.9 Å². The third-order valence-electron chi connectivity index (χ3n) is 6.10. The Morgan fingerprint density at radius 3 is 2.63 bits per heavy atom. The van der Waals surface area contributed by atoms with E-state index in [-0.39, 0.29) is 6.04 Å². The largest absolute Gasteiger partial charge is 0.491 e. The SMILES string of the molecule is C=C(NC(CCC)c1ccc(OCCOCCN2CCCC2)cc1)/C(C#N)=C/c1cccc(C)n1. The van der Waals surface area contributed by atoms with Crippen LogP contribution in [0, 0.1) is 18.3 Å². The summed E-state index contributed by atoms with van der Waals surface area (Å²) < 4.78 is 11.6. The van der Waals surface area contributed by atoms with Crippen molar-refractivity contribution in [1.29, 1.82) is 5.26 Å². The van der Waals surface area contributed by atoms with E-state index in [1.807, 2.05) is 37.3 Å². The summed E-state index contributed by atoms with van der Waals surface area (Å²) in [5.74, 6) is 0.828. The van der Waals surface area contributed by atoms with Gasteiger partial charge in [0.2, 0.25) is 0 Å². The summed E-state index contributed by atoms with van der Waals surface area (Å²) in [7, 11) is 0. The Labute approximate surface area is 210 Å². The predicted molar refractivity (Wildman–Crippen MR) is 141 cm³/mol. The number of rotatable bonds is 14. The molecule has 1 aromatic carbocycles. The summed E-state index contributed by atoms with van der Waals surface area (Å²) in [5.41, 5.74) is 3.87. The predicted octanol–water partition coefficient (Wildman–Crippen LogP) is 5.43. The van der Waals surface area contributed by atoms with Crippen molar-refractivity contribution in [3.05, 3.63) is 77.3 Å². The molecule has 0 amide bonds. The van der Waals surface area contributed by atoms with E-state index in [0.717, 1.165) is 48.7 Å². The fourth-order valence-corrected chi connectivity index (χ4v) is 4.19. The Kier molecular flexibility index (Phi) is 10.8. The quantitative estimate of drug-likeness (QED) is 0.224. The molecule has 6 nitrogen and oxygen atoms in total. The highest BCUT2D eigenvalue weighted by Crippen LogP contribution is 2.24. The van der Waals surface area contributed by atoms with Crippen LogP contribution >= 0.6 is 0 Å². The van der Waals surface area contributed by atoms with Crippen LogP contribution in [0.3, 0.4) is 0 Å². The smallest absolute Gasteiger partial charge is 0.119 e. The summed E-state index contributed by atoms with van der Waals surface area (Å²) in [4.78, 5) is 6.91. The molecule has 6 heteroatoms. The number of nitrogens with zero attached hydrogens (tertiary/aromatic N) is 3. The highest BCUT2D eigenvalue weighted by molar-refractivity contribution is 5.60. The molecule has 0 aliphatic carbocycles. The third-order valence-corrected chi connectivity index (χ3v) is 6.10. The van der Waals surface area contributed by atoms with Gasteiger partial charge in [-0.2, -0.15) is 5.26 Å². The zero-order valence-corrected chi connectivity index (χ0v) is 21.1. The molecule has 1 saturated heterocycles. The van der Waals surface area contributed by atoms with Crippen LogP contribution in [-0.2, 0) is 4.74 Å². The van der Waals surface area contributed by atoms with Gasteiger partial charge in [-0.25, -0.2) is 0 Å². The van der Waals surface area contributed by atoms with Crippen molar-refractivity contribution < 1.29 is 9.47 Å². The molecule has 186 valence electrons. The molecule has 1 fully saturated rings. The van der Waals surface area contributed by atoms with Crippen LogP contribution in [0.15, 0.2) is 60.3 Å². The highest BCUT2D eigenvalue weighted by atomic mass is 16.5. The fourth-order valence-electron chi connectivity index (χ4n) is 4.19. The van der Waals surface area contributed by atoms with Crippen LogP contribution < -0.4 is 10.1 Å². The molecule has 0 bridgehead atoms. The standard InChI is InChI=1S/C29H38N4O2/c1-4-8-29(32-24(3)26(22-30)21-27-10-7-9-23(2)31-27)25-11-13-28(14-12-25)35-20-19-34-18-17-33-15-5-6-16-33/h7,9-14,21,29,32H,3-6,8,15-20H2,1-2H3/b26-21+. The lowest BCUT2D eigenvalue weighted by molar-refractivity contribution is 0.0846. The molecule has 1 N–H and O–H groups in total. The number of nitrogens with one attached hydrogen (secondary N) is 1. The van der Waals surface area contributed by atoms with Crippen LogP contribution in [0.25, 0.3) is 6.08 Å². The Hall–Kier alpha value is -3.14. The van der Waals surface area contributed by atoms with Gasteiger partial charge in [-0.1, -0.05) is 38.1 Å². The van der Waals surface area contributed by atoms with Gasteiger partial charge in [-0.3, -0.25) is 4.98 Å². The molecule has 0 spiro atoms. The van der Waals surface area contributed by atoms with Gasteiger partial charge in [-0.15, -0.1) is 0 Å². The topological polar surface area (TPSA) is 70.4 Å². The molecule has 2 aromatic rings. The van der Waals surface area contributed by atoms with Crippen molar-refractivity contribution in [3.63, 3.8) is 0 Å². The number of likely N-dealkylation sites (tertiary alicyclic amines) is 1. The van der Waals surface area contributed by atoms with Crippen LogP contribution in [0.2, 0.25) is 0 Å². The number of ether oxygens (including phenoxy) is 2. The van der Waals surface area contributed by atoms with Crippen LogP contribution in [-0.4, -0.2) is 49.3 Å². The Bertz CT molecular complexity index is 1000. The highest BCUT2D eigenvalue weighted by Gasteiger charge is 2.14. The molecule has 1 aromatic heterocycles. The third kappa shape index (κ3) is 8.86. The Morgan fingerprint density at radius 2 is 1.94 bits per heavy atom. The molecule has 1 atom stereocenters. The lowest BCUT2D eigenvalue weighted by Gasteiger charge is -2.21. The number of aromatic nitrogens is 1. The number of nitriles is 1. The lowest BCUT2D eigenvalue weighted by Crippen LogP contribution is -2.24. The van der Waals surface area contributed by atoms with Gasteiger partial charge in [0.1, 0.15) is 18.4 Å². The van der Waals surface area contributed by atoms with E-state index in [9.17, 15) is 5.26 Å². The average molecular weight is 475 g/mol. The molecule has 0 saturated carbocycles. The number of pyridine rings is 1. The maximum Gasteiger partial charge on any atom is 0.119 e. The van der Waals surface area contributed by atoms with Crippen LogP contribution in [0.4, 0.5) is 0 Å². The van der Waals surface area contributed by atoms with Crippen molar-refractivity contribution in [1.82, 2.24) is 15.2 Å². The molecule has 2 heterocycles. The fraction of sp³-hybridized carbons (Fsp3) is 0.448. The summed E-state index contributed by atoms with van der Waals surface area (Å²) in [6.45, 7) is 13.5. The number of allylic oxidation sites excluding steroid dienone is 1. The number of aryl methyl sites for hydroxylation is 1. The van der Waals surface area contributed by atoms with E-state index in [0.29, 0.717) is 24.5 Å². The minimum absolute atomic E-state index is 0.0534. The first kappa shape index (κ1) is 26.5. The minimum Gasteiger partial charge on any atom is -0.491 e. The first-order valence-corrected chi connectivity index (χ1v) is 12.6. The Morgan fingerprint density at radius 1 is 1.17 bits per heavy atom. The lowest BCUT2D eigenvalue weighted by atomic mass is 10.0. The number of benzene rings is 1. The van der Waals surface area contributed by atoms with E-state index in [4.69, 9.17) is 9.47 Å². The van der Waals surface area contributed by atoms with Gasteiger partial charge < -0.3 is 19.7 Å². The minimum atomic E-state index is 0.0534. The van der Waals surface area contributed by atoms with Crippen molar-refractivity contribution in [2.24, 2.45) is 0 Å². The second-order valence-corrected chi connectivity index (χ2v) is 8.92. The van der Waals surface area contributed by atoms with Crippen LogP contribution in [0.1, 0.15) is 55.6 Å².